The van der Waals surface area contributed by atoms with Crippen molar-refractivity contribution in [2.45, 2.75) is 77.7 Å². The summed E-state index contributed by atoms with van der Waals surface area (Å²) in [4.78, 5) is 32.1. The average molecular weight is 623 g/mol. The van der Waals surface area contributed by atoms with Crippen molar-refractivity contribution in [1.29, 1.82) is 0 Å². The largest absolute Gasteiger partial charge is 0.478 e. The molecule has 0 amide bonds. The third-order valence-electron chi connectivity index (χ3n) is 10.4. The summed E-state index contributed by atoms with van der Waals surface area (Å²) >= 11 is 1.69. The van der Waals surface area contributed by atoms with E-state index in [1.165, 1.54) is 92.4 Å². The Balaban J connectivity index is 1.35. The molecule has 2 aliphatic heterocycles. The van der Waals surface area contributed by atoms with Gasteiger partial charge in [-0.15, -0.1) is 11.3 Å². The van der Waals surface area contributed by atoms with Crippen LogP contribution in [0.25, 0.3) is 43.9 Å². The first kappa shape index (κ1) is 28.8. The van der Waals surface area contributed by atoms with Gasteiger partial charge in [-0.2, -0.15) is 0 Å². The fourth-order valence-corrected chi connectivity index (χ4v) is 9.13. The molecule has 0 spiro atoms. The predicted molar refractivity (Wildman–Crippen MR) is 183 cm³/mol. The van der Waals surface area contributed by atoms with Crippen molar-refractivity contribution in [2.24, 2.45) is 0 Å². The second kappa shape index (κ2) is 11.6. The fourth-order valence-electron chi connectivity index (χ4n) is 8.27. The standard InChI is InChI=1S/C36H42N6O2S/c1-22-34(45-23(2)37-22)35-38-28-14-13-27-32-30(24-9-5-3-6-10-24)26-12-11-25(36(43)44)21-29(26)42(32)20-19-41(33(27)31(28)39-35)18-17-40-15-7-4-8-16-40/h11-14,21,24H,3-10,15-20H2,1-2H3,(H,38,39)(H,43,44). The maximum absolute atomic E-state index is 12.1. The number of aromatic carboxylic acids is 1. The molecule has 2 N–H and O–H groups in total. The van der Waals surface area contributed by atoms with Crippen LogP contribution in [0.15, 0.2) is 30.3 Å². The minimum Gasteiger partial charge on any atom is -0.478 e. The van der Waals surface area contributed by atoms with E-state index in [9.17, 15) is 9.90 Å². The topological polar surface area (TPSA) is 90.3 Å². The van der Waals surface area contributed by atoms with Crippen molar-refractivity contribution in [1.82, 2.24) is 24.4 Å². The summed E-state index contributed by atoms with van der Waals surface area (Å²) in [7, 11) is 0. The van der Waals surface area contributed by atoms with Crippen LogP contribution in [0.3, 0.4) is 0 Å². The van der Waals surface area contributed by atoms with Gasteiger partial charge >= 0.3 is 5.97 Å². The summed E-state index contributed by atoms with van der Waals surface area (Å²) in [6.45, 7) is 10.1. The molecule has 3 aromatic heterocycles. The van der Waals surface area contributed by atoms with Crippen LogP contribution in [-0.2, 0) is 6.54 Å². The van der Waals surface area contributed by atoms with Gasteiger partial charge in [0, 0.05) is 42.6 Å². The molecule has 5 heterocycles. The third kappa shape index (κ3) is 5.04. The number of carboxylic acids is 1. The molecule has 3 aliphatic rings. The van der Waals surface area contributed by atoms with Crippen molar-refractivity contribution in [3.8, 4) is 22.0 Å². The number of likely N-dealkylation sites (tertiary alicyclic amines) is 1. The first-order chi connectivity index (χ1) is 22.0. The van der Waals surface area contributed by atoms with Crippen molar-refractivity contribution in [2.75, 3.05) is 37.6 Å². The molecule has 0 bridgehead atoms. The Morgan fingerprint density at radius 2 is 1.76 bits per heavy atom. The van der Waals surface area contributed by atoms with Crippen molar-refractivity contribution in [3.63, 3.8) is 0 Å². The van der Waals surface area contributed by atoms with Crippen molar-refractivity contribution < 1.29 is 9.90 Å². The molecule has 8 nitrogen and oxygen atoms in total. The summed E-state index contributed by atoms with van der Waals surface area (Å²) in [5, 5.41) is 12.2. The Hall–Kier alpha value is -3.69. The number of carbonyl (C=O) groups is 1. The van der Waals surface area contributed by atoms with Gasteiger partial charge in [-0.05, 0) is 88.4 Å². The first-order valence-corrected chi connectivity index (χ1v) is 17.6. The van der Waals surface area contributed by atoms with Gasteiger partial charge in [-0.25, -0.2) is 14.8 Å². The minimum absolute atomic E-state index is 0.354. The lowest BCUT2D eigenvalue weighted by molar-refractivity contribution is 0.0697. The lowest BCUT2D eigenvalue weighted by atomic mass is 9.81. The highest BCUT2D eigenvalue weighted by Gasteiger charge is 2.32. The number of hydrogen-bond donors (Lipinski definition) is 2. The van der Waals surface area contributed by atoms with E-state index in [1.54, 1.807) is 17.4 Å². The molecular weight excluding hydrogens is 581 g/mol. The maximum Gasteiger partial charge on any atom is 0.335 e. The normalized spacial score (nSPS) is 18.0. The molecule has 0 radical (unpaired) electrons. The molecule has 1 saturated heterocycles. The van der Waals surface area contributed by atoms with Crippen LogP contribution in [0, 0.1) is 13.8 Å². The molecule has 2 aromatic carbocycles. The number of imidazole rings is 1. The zero-order chi connectivity index (χ0) is 30.7. The highest BCUT2D eigenvalue weighted by molar-refractivity contribution is 7.15. The molecule has 5 aromatic rings. The number of benzene rings is 2. The lowest BCUT2D eigenvalue weighted by Crippen LogP contribution is -2.38. The van der Waals surface area contributed by atoms with Gasteiger partial charge in [0.15, 0.2) is 5.82 Å². The van der Waals surface area contributed by atoms with E-state index < -0.39 is 5.97 Å². The number of hydrogen-bond acceptors (Lipinski definition) is 6. The number of nitrogens with one attached hydrogen (secondary N) is 1. The highest BCUT2D eigenvalue weighted by Crippen LogP contribution is 2.49. The van der Waals surface area contributed by atoms with E-state index in [0.717, 1.165) is 64.1 Å². The highest BCUT2D eigenvalue weighted by atomic mass is 32.1. The molecule has 2 fully saturated rings. The SMILES string of the molecule is Cc1nc(C)c(-c2nc3c4c(ccc3[nH]2)-c2c(C3CCCCC3)c3ccc(C(=O)O)cc3n2CCN4CCN2CCCCC2)s1. The Kier molecular flexibility index (Phi) is 7.41. The molecule has 1 aliphatic carbocycles. The molecular formula is C36H42N6O2S. The van der Waals surface area contributed by atoms with Crippen LogP contribution in [0.2, 0.25) is 0 Å². The van der Waals surface area contributed by atoms with Gasteiger partial charge < -0.3 is 24.5 Å². The van der Waals surface area contributed by atoms with Crippen LogP contribution in [0.1, 0.15) is 83.9 Å². The maximum atomic E-state index is 12.1. The number of aromatic amines is 1. The van der Waals surface area contributed by atoms with Gasteiger partial charge in [-0.3, -0.25) is 0 Å². The molecule has 234 valence electrons. The molecule has 8 rings (SSSR count). The second-order valence-electron chi connectivity index (χ2n) is 13.3. The number of aromatic nitrogens is 4. The average Bonchev–Trinajstić information content (AvgIpc) is 3.70. The predicted octanol–water partition coefficient (Wildman–Crippen LogP) is 7.98. The number of H-pyrrole nitrogens is 1. The van der Waals surface area contributed by atoms with Gasteiger partial charge in [0.1, 0.15) is 5.52 Å². The van der Waals surface area contributed by atoms with Gasteiger partial charge in [0.2, 0.25) is 0 Å². The zero-order valence-corrected chi connectivity index (χ0v) is 27.2. The van der Waals surface area contributed by atoms with E-state index in [2.05, 4.69) is 51.4 Å². The number of anilines is 1. The number of rotatable bonds is 6. The molecule has 1 saturated carbocycles. The van der Waals surface area contributed by atoms with Crippen LogP contribution >= 0.6 is 11.3 Å². The number of fused-ring (bicyclic) bond motifs is 7. The number of piperidine rings is 1. The van der Waals surface area contributed by atoms with E-state index in [0.29, 0.717) is 11.5 Å². The number of aryl methyl sites for hydroxylation is 2. The summed E-state index contributed by atoms with van der Waals surface area (Å²) < 4.78 is 2.45. The monoisotopic (exact) mass is 622 g/mol. The zero-order valence-electron chi connectivity index (χ0n) is 26.4. The first-order valence-electron chi connectivity index (χ1n) is 16.8. The lowest BCUT2D eigenvalue weighted by Gasteiger charge is -2.31. The molecule has 9 heteroatoms. The Labute approximate surface area is 268 Å². The Bertz CT molecular complexity index is 1910. The number of carboxylic acid groups (broad SMARTS) is 1. The molecule has 0 unspecified atom stereocenters. The quantitative estimate of drug-likeness (QED) is 0.200. The third-order valence-corrected chi connectivity index (χ3v) is 11.5. The van der Waals surface area contributed by atoms with Crippen LogP contribution in [0.5, 0.6) is 0 Å². The Morgan fingerprint density at radius 1 is 0.956 bits per heavy atom. The molecule has 45 heavy (non-hydrogen) atoms. The summed E-state index contributed by atoms with van der Waals surface area (Å²) in [6, 6.07) is 10.3. The Morgan fingerprint density at radius 3 is 2.51 bits per heavy atom. The van der Waals surface area contributed by atoms with E-state index >= 15 is 0 Å². The fraction of sp³-hybridized carbons (Fsp3) is 0.472. The summed E-state index contributed by atoms with van der Waals surface area (Å²) in [5.74, 6) is 0.485. The van der Waals surface area contributed by atoms with Crippen molar-refractivity contribution in [3.05, 3.63) is 52.2 Å². The van der Waals surface area contributed by atoms with Crippen molar-refractivity contribution >= 4 is 44.9 Å². The van der Waals surface area contributed by atoms with Crippen LogP contribution < -0.4 is 4.90 Å². The number of thiazole rings is 1. The van der Waals surface area contributed by atoms with E-state index in [-0.39, 0.29) is 0 Å². The summed E-state index contributed by atoms with van der Waals surface area (Å²) in [5.41, 5.74) is 9.60. The van der Waals surface area contributed by atoms with Crippen LogP contribution in [0.4, 0.5) is 5.69 Å². The number of nitrogens with zero attached hydrogens (tertiary/aromatic N) is 5. The van der Waals surface area contributed by atoms with E-state index in [4.69, 9.17) is 9.97 Å². The van der Waals surface area contributed by atoms with Gasteiger partial charge in [0.25, 0.3) is 0 Å². The van der Waals surface area contributed by atoms with Gasteiger partial charge in [0.05, 0.1) is 38.0 Å². The smallest absolute Gasteiger partial charge is 0.335 e. The molecule has 0 atom stereocenters. The minimum atomic E-state index is -0.872. The van der Waals surface area contributed by atoms with Gasteiger partial charge in [-0.1, -0.05) is 31.7 Å². The second-order valence-corrected chi connectivity index (χ2v) is 14.5. The summed E-state index contributed by atoms with van der Waals surface area (Å²) in [6.07, 6.45) is 10.0. The van der Waals surface area contributed by atoms with Crippen LogP contribution in [-0.4, -0.2) is 68.2 Å². The van der Waals surface area contributed by atoms with E-state index in [1.807, 2.05) is 6.07 Å².